The van der Waals surface area contributed by atoms with E-state index in [0.717, 1.165) is 0 Å². The van der Waals surface area contributed by atoms with Crippen LogP contribution in [0.1, 0.15) is 28.5 Å². The molecule has 1 aromatic heterocycles. The van der Waals surface area contributed by atoms with Gasteiger partial charge in [0, 0.05) is 11.8 Å². The third-order valence-corrected chi connectivity index (χ3v) is 3.20. The highest BCUT2D eigenvalue weighted by Crippen LogP contribution is 2.17. The summed E-state index contributed by atoms with van der Waals surface area (Å²) in [6, 6.07) is 7.02. The molecule has 1 aromatic carbocycles. The maximum Gasteiger partial charge on any atom is 0.340 e. The Morgan fingerprint density at radius 1 is 1.29 bits per heavy atom. The number of aryl methyl sites for hydroxylation is 1. The van der Waals surface area contributed by atoms with Gasteiger partial charge in [0.1, 0.15) is 5.82 Å². The summed E-state index contributed by atoms with van der Waals surface area (Å²) in [5.74, 6) is -0.935. The molecule has 0 fully saturated rings. The normalized spacial score (nSPS) is 10.5. The molecule has 2 aromatic rings. The molecule has 0 spiro atoms. The number of hydrogen-bond acceptors (Lipinski definition) is 3. The zero-order valence-electron chi connectivity index (χ0n) is 12.1. The third-order valence-electron chi connectivity index (χ3n) is 3.20. The average Bonchev–Trinajstić information content (AvgIpc) is 2.38. The highest BCUT2D eigenvalue weighted by atomic mass is 19.1. The Labute approximate surface area is 121 Å². The van der Waals surface area contributed by atoms with Gasteiger partial charge in [0.25, 0.3) is 5.56 Å². The van der Waals surface area contributed by atoms with Gasteiger partial charge in [-0.25, -0.2) is 9.18 Å². The Kier molecular flexibility index (Phi) is 4.21. The molecule has 2 rings (SSSR count). The van der Waals surface area contributed by atoms with Gasteiger partial charge >= 0.3 is 5.97 Å². The number of esters is 1. The fourth-order valence-electron chi connectivity index (χ4n) is 2.33. The van der Waals surface area contributed by atoms with E-state index < -0.39 is 11.8 Å². The zero-order chi connectivity index (χ0) is 15.6. The minimum absolute atomic E-state index is 0.247. The van der Waals surface area contributed by atoms with E-state index in [4.69, 9.17) is 4.74 Å². The fraction of sp³-hybridized carbons (Fsp3) is 0.250. The van der Waals surface area contributed by atoms with Gasteiger partial charge in [-0.15, -0.1) is 0 Å². The number of nitrogens with zero attached hydrogens (tertiary/aromatic N) is 1. The van der Waals surface area contributed by atoms with Crippen molar-refractivity contribution in [2.75, 3.05) is 6.61 Å². The third kappa shape index (κ3) is 2.86. The van der Waals surface area contributed by atoms with E-state index in [1.807, 2.05) is 0 Å². The lowest BCUT2D eigenvalue weighted by molar-refractivity contribution is 0.0523. The summed E-state index contributed by atoms with van der Waals surface area (Å²) in [7, 11) is 0. The van der Waals surface area contributed by atoms with Crippen LogP contribution < -0.4 is 5.56 Å². The molecule has 5 heteroatoms. The monoisotopic (exact) mass is 289 g/mol. The molecular formula is C16H16FNO3. The number of carbonyl (C=O) groups excluding carboxylic acids is 1. The summed E-state index contributed by atoms with van der Waals surface area (Å²) in [6.07, 6.45) is 0. The molecular weight excluding hydrogens is 273 g/mol. The van der Waals surface area contributed by atoms with Crippen LogP contribution in [0.3, 0.4) is 0 Å². The predicted molar refractivity (Wildman–Crippen MR) is 77.4 cm³/mol. The van der Waals surface area contributed by atoms with Gasteiger partial charge in [0.2, 0.25) is 0 Å². The first-order valence-corrected chi connectivity index (χ1v) is 6.62. The molecule has 0 N–H and O–H groups in total. The molecule has 21 heavy (non-hydrogen) atoms. The fourth-order valence-corrected chi connectivity index (χ4v) is 2.33. The highest BCUT2D eigenvalue weighted by molar-refractivity contribution is 5.92. The molecule has 0 aliphatic carbocycles. The molecule has 0 amide bonds. The molecule has 0 saturated heterocycles. The minimum Gasteiger partial charge on any atom is -0.462 e. The zero-order valence-corrected chi connectivity index (χ0v) is 12.1. The molecule has 0 unspecified atom stereocenters. The Morgan fingerprint density at radius 3 is 2.62 bits per heavy atom. The van der Waals surface area contributed by atoms with Crippen molar-refractivity contribution in [3.8, 4) is 5.69 Å². The molecule has 110 valence electrons. The Balaban J connectivity index is 2.70. The van der Waals surface area contributed by atoms with Crippen molar-refractivity contribution in [2.45, 2.75) is 20.8 Å². The van der Waals surface area contributed by atoms with E-state index in [9.17, 15) is 14.0 Å². The number of aromatic nitrogens is 1. The summed E-state index contributed by atoms with van der Waals surface area (Å²) in [5.41, 5.74) is 1.38. The van der Waals surface area contributed by atoms with Crippen molar-refractivity contribution in [3.63, 3.8) is 0 Å². The second-order valence-electron chi connectivity index (χ2n) is 4.66. The topological polar surface area (TPSA) is 48.3 Å². The Morgan fingerprint density at radius 2 is 2.00 bits per heavy atom. The van der Waals surface area contributed by atoms with Crippen molar-refractivity contribution < 1.29 is 13.9 Å². The smallest absolute Gasteiger partial charge is 0.340 e. The van der Waals surface area contributed by atoms with Crippen LogP contribution >= 0.6 is 0 Å². The van der Waals surface area contributed by atoms with Crippen molar-refractivity contribution in [1.82, 2.24) is 4.57 Å². The standard InChI is InChI=1S/C16H16FNO3/c1-4-21-16(20)15-10(2)8-14(19)18(11(15)3)13-7-5-6-12(17)9-13/h5-9H,4H2,1-3H3. The van der Waals surface area contributed by atoms with Gasteiger partial charge in [-0.3, -0.25) is 9.36 Å². The van der Waals surface area contributed by atoms with Crippen LogP contribution in [0, 0.1) is 19.7 Å². The van der Waals surface area contributed by atoms with E-state index in [1.54, 1.807) is 26.8 Å². The molecule has 4 nitrogen and oxygen atoms in total. The minimum atomic E-state index is -0.488. The maximum absolute atomic E-state index is 13.4. The van der Waals surface area contributed by atoms with Gasteiger partial charge < -0.3 is 4.74 Å². The Bertz CT molecular complexity index is 750. The van der Waals surface area contributed by atoms with Gasteiger partial charge in [-0.1, -0.05) is 6.07 Å². The largest absolute Gasteiger partial charge is 0.462 e. The quantitative estimate of drug-likeness (QED) is 0.816. The van der Waals surface area contributed by atoms with Crippen molar-refractivity contribution in [1.29, 1.82) is 0 Å². The summed E-state index contributed by atoms with van der Waals surface area (Å²) < 4.78 is 19.7. The molecule has 0 saturated carbocycles. The van der Waals surface area contributed by atoms with E-state index in [1.165, 1.54) is 28.8 Å². The molecule has 0 bridgehead atoms. The van der Waals surface area contributed by atoms with Crippen LogP contribution in [-0.4, -0.2) is 17.1 Å². The second-order valence-corrected chi connectivity index (χ2v) is 4.66. The number of halogens is 1. The number of rotatable bonds is 3. The van der Waals surface area contributed by atoms with Crippen LogP contribution in [0.25, 0.3) is 5.69 Å². The van der Waals surface area contributed by atoms with Crippen LogP contribution in [0.2, 0.25) is 0 Å². The SMILES string of the molecule is CCOC(=O)c1c(C)cc(=O)n(-c2cccc(F)c2)c1C. The number of carbonyl (C=O) groups is 1. The number of pyridine rings is 1. The Hall–Kier alpha value is -2.43. The molecule has 0 radical (unpaired) electrons. The van der Waals surface area contributed by atoms with Crippen LogP contribution in [0.4, 0.5) is 4.39 Å². The first-order valence-electron chi connectivity index (χ1n) is 6.62. The number of benzene rings is 1. The summed E-state index contributed by atoms with van der Waals surface area (Å²) >= 11 is 0. The lowest BCUT2D eigenvalue weighted by atomic mass is 10.1. The van der Waals surface area contributed by atoms with E-state index in [-0.39, 0.29) is 12.2 Å². The van der Waals surface area contributed by atoms with E-state index >= 15 is 0 Å². The molecule has 0 aliphatic rings. The maximum atomic E-state index is 13.4. The van der Waals surface area contributed by atoms with Crippen LogP contribution in [-0.2, 0) is 4.74 Å². The first kappa shape index (κ1) is 15.0. The van der Waals surface area contributed by atoms with Gasteiger partial charge in [0.15, 0.2) is 0 Å². The average molecular weight is 289 g/mol. The van der Waals surface area contributed by atoms with E-state index in [0.29, 0.717) is 22.5 Å². The number of ether oxygens (including phenoxy) is 1. The van der Waals surface area contributed by atoms with E-state index in [2.05, 4.69) is 0 Å². The first-order chi connectivity index (χ1) is 9.95. The summed E-state index contributed by atoms with van der Waals surface area (Å²) in [4.78, 5) is 24.2. The van der Waals surface area contributed by atoms with Crippen LogP contribution in [0.5, 0.6) is 0 Å². The van der Waals surface area contributed by atoms with Crippen molar-refractivity contribution in [3.05, 3.63) is 63.3 Å². The van der Waals surface area contributed by atoms with Crippen LogP contribution in [0.15, 0.2) is 35.1 Å². The number of hydrogen-bond donors (Lipinski definition) is 0. The lowest BCUT2D eigenvalue weighted by Crippen LogP contribution is -2.24. The van der Waals surface area contributed by atoms with Gasteiger partial charge in [-0.05, 0) is 44.5 Å². The molecule has 0 atom stereocenters. The van der Waals surface area contributed by atoms with Crippen molar-refractivity contribution >= 4 is 5.97 Å². The van der Waals surface area contributed by atoms with Gasteiger partial charge in [-0.2, -0.15) is 0 Å². The molecule has 1 heterocycles. The summed E-state index contributed by atoms with van der Waals surface area (Å²) in [5, 5.41) is 0. The van der Waals surface area contributed by atoms with Gasteiger partial charge in [0.05, 0.1) is 17.9 Å². The summed E-state index contributed by atoms with van der Waals surface area (Å²) in [6.45, 7) is 5.28. The predicted octanol–water partition coefficient (Wildman–Crippen LogP) is 2.77. The highest BCUT2D eigenvalue weighted by Gasteiger charge is 2.18. The molecule has 0 aliphatic heterocycles. The lowest BCUT2D eigenvalue weighted by Gasteiger charge is -2.15. The second kappa shape index (κ2) is 5.91. The van der Waals surface area contributed by atoms with Crippen molar-refractivity contribution in [2.24, 2.45) is 0 Å².